The Kier molecular flexibility index (Phi) is 8.66. The number of halogens is 1. The van der Waals surface area contributed by atoms with Crippen LogP contribution in [0.25, 0.3) is 17.0 Å². The molecule has 0 unspecified atom stereocenters. The van der Waals surface area contributed by atoms with Crippen molar-refractivity contribution >= 4 is 17.4 Å². The molecule has 0 aliphatic carbocycles. The van der Waals surface area contributed by atoms with E-state index in [0.717, 1.165) is 33.9 Å². The molecule has 3 N–H and O–H groups in total. The van der Waals surface area contributed by atoms with E-state index in [0.29, 0.717) is 25.8 Å². The Balaban J connectivity index is 1.94. The summed E-state index contributed by atoms with van der Waals surface area (Å²) >= 11 is 0. The zero-order valence-corrected chi connectivity index (χ0v) is 19.8. The Hall–Kier alpha value is -3.38. The van der Waals surface area contributed by atoms with Gasteiger partial charge in [-0.2, -0.15) is 0 Å². The van der Waals surface area contributed by atoms with Crippen LogP contribution in [0.15, 0.2) is 67.2 Å². The quantitative estimate of drug-likeness (QED) is 0.286. The molecule has 34 heavy (non-hydrogen) atoms. The molecule has 0 aliphatic heterocycles. The van der Waals surface area contributed by atoms with Crippen LogP contribution < -0.4 is 5.32 Å². The number of benzene rings is 2. The van der Waals surface area contributed by atoms with Gasteiger partial charge in [0.05, 0.1) is 6.10 Å². The third-order valence-corrected chi connectivity index (χ3v) is 5.83. The molecule has 0 radical (unpaired) electrons. The maximum absolute atomic E-state index is 13.6. The summed E-state index contributed by atoms with van der Waals surface area (Å²) in [6.07, 6.45) is 0.809. The normalized spacial score (nSPS) is 12.0. The molecule has 0 aliphatic rings. The second-order valence-corrected chi connectivity index (χ2v) is 8.84. The third-order valence-electron chi connectivity index (χ3n) is 5.83. The van der Waals surface area contributed by atoms with E-state index in [-0.39, 0.29) is 18.2 Å². The van der Waals surface area contributed by atoms with E-state index in [1.54, 1.807) is 12.1 Å². The maximum atomic E-state index is 13.6. The Morgan fingerprint density at radius 1 is 1.09 bits per heavy atom. The average Bonchev–Trinajstić information content (AvgIpc) is 3.18. The number of anilines is 1. The summed E-state index contributed by atoms with van der Waals surface area (Å²) in [6.45, 7) is 9.06. The molecule has 1 atom stereocenters. The molecule has 6 heteroatoms. The summed E-state index contributed by atoms with van der Waals surface area (Å²) < 4.78 is 15.8. The van der Waals surface area contributed by atoms with Crippen LogP contribution in [0.1, 0.15) is 56.7 Å². The highest BCUT2D eigenvalue weighted by Crippen LogP contribution is 2.35. The zero-order valence-electron chi connectivity index (χ0n) is 19.8. The molecule has 0 bridgehead atoms. The van der Waals surface area contributed by atoms with Crippen molar-refractivity contribution in [2.75, 3.05) is 5.32 Å². The molecular weight excluding hydrogens is 431 g/mol. The van der Waals surface area contributed by atoms with Gasteiger partial charge in [-0.25, -0.2) is 4.39 Å². The SMILES string of the molecule is C=C(Nc1ccccc1)c1cc(-c2ccc(F)cc2)n(CC[C@@H](O)CCCC(=O)O)c1C(C)C. The predicted molar refractivity (Wildman–Crippen MR) is 135 cm³/mol. The smallest absolute Gasteiger partial charge is 0.303 e. The van der Waals surface area contributed by atoms with Gasteiger partial charge in [0, 0.05) is 41.3 Å². The molecule has 0 saturated heterocycles. The summed E-state index contributed by atoms with van der Waals surface area (Å²) in [5.41, 5.74) is 5.55. The molecule has 0 saturated carbocycles. The molecule has 0 fully saturated rings. The lowest BCUT2D eigenvalue weighted by atomic mass is 10.0. The predicted octanol–water partition coefficient (Wildman–Crippen LogP) is 6.51. The molecule has 0 spiro atoms. The fourth-order valence-electron chi connectivity index (χ4n) is 4.20. The first-order chi connectivity index (χ1) is 16.3. The molecule has 3 aromatic rings. The van der Waals surface area contributed by atoms with Crippen molar-refractivity contribution < 1.29 is 19.4 Å². The standard InChI is InChI=1S/C28H33FN2O3/c1-19(2)28-25(20(3)30-23-8-5-4-6-9-23)18-26(21-12-14-22(29)15-13-21)31(28)17-16-24(32)10-7-11-27(33)34/h4-6,8-9,12-15,18-19,24,30,32H,3,7,10-11,16-17H2,1-2H3,(H,33,34)/t24-/m0/s1. The first-order valence-corrected chi connectivity index (χ1v) is 11.7. The number of carboxylic acids is 1. The Bertz CT molecular complexity index is 1100. The number of rotatable bonds is 12. The van der Waals surface area contributed by atoms with Gasteiger partial charge in [-0.3, -0.25) is 4.79 Å². The van der Waals surface area contributed by atoms with Crippen LogP contribution in [0.2, 0.25) is 0 Å². The average molecular weight is 465 g/mol. The highest BCUT2D eigenvalue weighted by Gasteiger charge is 2.21. The fourth-order valence-corrected chi connectivity index (χ4v) is 4.20. The highest BCUT2D eigenvalue weighted by atomic mass is 19.1. The van der Waals surface area contributed by atoms with Gasteiger partial charge in [0.25, 0.3) is 0 Å². The van der Waals surface area contributed by atoms with Crippen LogP contribution in [0.5, 0.6) is 0 Å². The number of para-hydroxylation sites is 1. The zero-order chi connectivity index (χ0) is 24.7. The van der Waals surface area contributed by atoms with Crippen molar-refractivity contribution in [2.45, 2.75) is 58.1 Å². The van der Waals surface area contributed by atoms with Crippen LogP contribution in [-0.4, -0.2) is 26.9 Å². The minimum absolute atomic E-state index is 0.0494. The number of hydrogen-bond acceptors (Lipinski definition) is 3. The van der Waals surface area contributed by atoms with Gasteiger partial charge >= 0.3 is 5.97 Å². The van der Waals surface area contributed by atoms with Crippen molar-refractivity contribution in [1.82, 2.24) is 4.57 Å². The number of aliphatic hydroxyl groups excluding tert-OH is 1. The summed E-state index contributed by atoms with van der Waals surface area (Å²) in [5.74, 6) is -0.981. The van der Waals surface area contributed by atoms with Gasteiger partial charge in [-0.15, -0.1) is 0 Å². The molecule has 2 aromatic carbocycles. The number of carbonyl (C=O) groups is 1. The third kappa shape index (κ3) is 6.58. The fraction of sp³-hybridized carbons (Fsp3) is 0.321. The minimum Gasteiger partial charge on any atom is -0.481 e. The van der Waals surface area contributed by atoms with Gasteiger partial charge < -0.3 is 20.1 Å². The van der Waals surface area contributed by atoms with Gasteiger partial charge in [0.15, 0.2) is 0 Å². The topological polar surface area (TPSA) is 74.5 Å². The molecule has 3 rings (SSSR count). The Morgan fingerprint density at radius 3 is 2.38 bits per heavy atom. The van der Waals surface area contributed by atoms with Crippen molar-refractivity contribution in [3.63, 3.8) is 0 Å². The number of nitrogens with zero attached hydrogens (tertiary/aromatic N) is 1. The monoisotopic (exact) mass is 464 g/mol. The largest absolute Gasteiger partial charge is 0.481 e. The van der Waals surface area contributed by atoms with E-state index >= 15 is 0 Å². The molecular formula is C28H33FN2O3. The van der Waals surface area contributed by atoms with E-state index in [1.165, 1.54) is 12.1 Å². The number of aromatic nitrogens is 1. The number of aliphatic carboxylic acids is 1. The highest BCUT2D eigenvalue weighted by molar-refractivity contribution is 5.80. The van der Waals surface area contributed by atoms with Gasteiger partial charge in [-0.05, 0) is 73.2 Å². The van der Waals surface area contributed by atoms with Crippen molar-refractivity contribution in [1.29, 1.82) is 0 Å². The second kappa shape index (κ2) is 11.7. The van der Waals surface area contributed by atoms with Crippen LogP contribution in [0.3, 0.4) is 0 Å². The van der Waals surface area contributed by atoms with Crippen LogP contribution in [0.4, 0.5) is 10.1 Å². The van der Waals surface area contributed by atoms with E-state index in [1.807, 2.05) is 30.3 Å². The van der Waals surface area contributed by atoms with Crippen molar-refractivity contribution in [3.8, 4) is 11.3 Å². The molecule has 1 heterocycles. The van der Waals surface area contributed by atoms with Crippen molar-refractivity contribution in [3.05, 3.63) is 84.3 Å². The number of carboxylic acid groups (broad SMARTS) is 1. The molecule has 180 valence electrons. The molecule has 0 amide bonds. The van der Waals surface area contributed by atoms with Crippen LogP contribution in [-0.2, 0) is 11.3 Å². The first kappa shape index (κ1) is 25.2. The second-order valence-electron chi connectivity index (χ2n) is 8.84. The summed E-state index contributed by atoms with van der Waals surface area (Å²) in [6, 6.07) is 18.3. The van der Waals surface area contributed by atoms with Crippen molar-refractivity contribution in [2.24, 2.45) is 0 Å². The lowest BCUT2D eigenvalue weighted by Gasteiger charge is -2.20. The van der Waals surface area contributed by atoms with Gasteiger partial charge in [-0.1, -0.05) is 38.6 Å². The molecule has 5 nitrogen and oxygen atoms in total. The van der Waals surface area contributed by atoms with Crippen LogP contribution in [0, 0.1) is 5.82 Å². The first-order valence-electron chi connectivity index (χ1n) is 11.7. The minimum atomic E-state index is -0.854. The Morgan fingerprint density at radius 2 is 1.76 bits per heavy atom. The van der Waals surface area contributed by atoms with Gasteiger partial charge in [0.1, 0.15) is 5.82 Å². The lowest BCUT2D eigenvalue weighted by Crippen LogP contribution is -2.15. The van der Waals surface area contributed by atoms with Crippen LogP contribution >= 0.6 is 0 Å². The lowest BCUT2D eigenvalue weighted by molar-refractivity contribution is -0.137. The van der Waals surface area contributed by atoms with E-state index in [2.05, 4.69) is 36.4 Å². The number of hydrogen-bond donors (Lipinski definition) is 3. The Labute approximate surface area is 200 Å². The number of aliphatic hydroxyl groups is 1. The molecule has 1 aromatic heterocycles. The maximum Gasteiger partial charge on any atom is 0.303 e. The summed E-state index contributed by atoms with van der Waals surface area (Å²) in [5, 5.41) is 22.7. The van der Waals surface area contributed by atoms with Gasteiger partial charge in [0.2, 0.25) is 0 Å². The van der Waals surface area contributed by atoms with E-state index < -0.39 is 12.1 Å². The van der Waals surface area contributed by atoms with E-state index in [9.17, 15) is 14.3 Å². The summed E-state index contributed by atoms with van der Waals surface area (Å²) in [4.78, 5) is 10.8. The number of nitrogens with one attached hydrogen (secondary N) is 1. The summed E-state index contributed by atoms with van der Waals surface area (Å²) in [7, 11) is 0. The van der Waals surface area contributed by atoms with E-state index in [4.69, 9.17) is 5.11 Å².